The molecule has 1 rings (SSSR count). The molecule has 3 nitrogen and oxygen atoms in total. The van der Waals surface area contributed by atoms with Gasteiger partial charge in [-0.05, 0) is 42.4 Å². The maximum absolute atomic E-state index is 10.9. The fourth-order valence-corrected chi connectivity index (χ4v) is 2.38. The second-order valence-corrected chi connectivity index (χ2v) is 6.20. The minimum Gasteiger partial charge on any atom is -0.492 e. The highest BCUT2D eigenvalue weighted by Crippen LogP contribution is 2.25. The fraction of sp³-hybridized carbons (Fsp3) is 0.500. The van der Waals surface area contributed by atoms with Crippen molar-refractivity contribution in [2.45, 2.75) is 32.9 Å². The third-order valence-corrected chi connectivity index (χ3v) is 3.56. The summed E-state index contributed by atoms with van der Waals surface area (Å²) in [6.45, 7) is 8.72. The first kappa shape index (κ1) is 14.9. The van der Waals surface area contributed by atoms with E-state index in [2.05, 4.69) is 13.8 Å². The third-order valence-electron chi connectivity index (χ3n) is 2.49. The summed E-state index contributed by atoms with van der Waals surface area (Å²) in [4.78, 5) is 10.9. The Labute approximate surface area is 113 Å². The smallest absolute Gasteiger partial charge is 0.335 e. The molecule has 1 aromatic rings. The van der Waals surface area contributed by atoms with Crippen molar-refractivity contribution >= 4 is 17.7 Å². The van der Waals surface area contributed by atoms with Crippen molar-refractivity contribution in [3.63, 3.8) is 0 Å². The maximum Gasteiger partial charge on any atom is 0.335 e. The second kappa shape index (κ2) is 6.69. The molecule has 1 N–H and O–H groups in total. The van der Waals surface area contributed by atoms with E-state index in [0.717, 1.165) is 22.6 Å². The summed E-state index contributed by atoms with van der Waals surface area (Å²) in [5.74, 6) is 0.851. The Hall–Kier alpha value is -1.16. The average Bonchev–Trinajstić information content (AvgIpc) is 2.26. The number of hydrogen-bond donors (Lipinski definition) is 1. The highest BCUT2D eigenvalue weighted by Gasteiger charge is 2.10. The van der Waals surface area contributed by atoms with E-state index in [-0.39, 0.29) is 0 Å². The van der Waals surface area contributed by atoms with E-state index in [1.54, 1.807) is 12.1 Å². The van der Waals surface area contributed by atoms with Crippen LogP contribution in [0.2, 0.25) is 0 Å². The first-order chi connectivity index (χ1) is 8.41. The first-order valence-corrected chi connectivity index (χ1v) is 7.05. The number of aromatic carboxylic acids is 1. The van der Waals surface area contributed by atoms with Gasteiger partial charge >= 0.3 is 5.97 Å². The van der Waals surface area contributed by atoms with E-state index in [4.69, 9.17) is 9.84 Å². The number of aryl methyl sites for hydroxylation is 2. The van der Waals surface area contributed by atoms with Crippen LogP contribution < -0.4 is 4.74 Å². The van der Waals surface area contributed by atoms with Gasteiger partial charge in [0.25, 0.3) is 0 Å². The number of hydrogen-bond acceptors (Lipinski definition) is 3. The van der Waals surface area contributed by atoms with Crippen LogP contribution in [0.5, 0.6) is 5.75 Å². The van der Waals surface area contributed by atoms with Gasteiger partial charge in [-0.15, -0.1) is 0 Å². The Balaban J connectivity index is 2.69. The molecule has 0 atom stereocenters. The molecule has 0 aliphatic heterocycles. The Morgan fingerprint density at radius 2 is 1.89 bits per heavy atom. The van der Waals surface area contributed by atoms with Gasteiger partial charge in [0, 0.05) is 5.75 Å². The summed E-state index contributed by atoms with van der Waals surface area (Å²) in [7, 11) is 0. The van der Waals surface area contributed by atoms with Crippen LogP contribution >= 0.6 is 11.8 Å². The normalized spacial score (nSPS) is 10.7. The third kappa shape index (κ3) is 4.26. The molecule has 0 aliphatic rings. The van der Waals surface area contributed by atoms with Crippen molar-refractivity contribution in [3.05, 3.63) is 28.8 Å². The molecular weight excluding hydrogens is 248 g/mol. The van der Waals surface area contributed by atoms with Crippen molar-refractivity contribution in [2.24, 2.45) is 0 Å². The number of ether oxygens (including phenoxy) is 1. The highest BCUT2D eigenvalue weighted by atomic mass is 32.2. The largest absolute Gasteiger partial charge is 0.492 e. The first-order valence-electron chi connectivity index (χ1n) is 6.00. The van der Waals surface area contributed by atoms with Crippen LogP contribution in [0.15, 0.2) is 12.1 Å². The summed E-state index contributed by atoms with van der Waals surface area (Å²) >= 11 is 1.85. The average molecular weight is 268 g/mol. The van der Waals surface area contributed by atoms with E-state index >= 15 is 0 Å². The molecule has 0 heterocycles. The lowest BCUT2D eigenvalue weighted by molar-refractivity contribution is 0.0696. The molecular formula is C14H20O3S. The van der Waals surface area contributed by atoms with E-state index in [1.807, 2.05) is 25.6 Å². The summed E-state index contributed by atoms with van der Waals surface area (Å²) in [6.07, 6.45) is 0. The lowest BCUT2D eigenvalue weighted by Crippen LogP contribution is -2.06. The van der Waals surface area contributed by atoms with Gasteiger partial charge in [-0.3, -0.25) is 0 Å². The molecule has 18 heavy (non-hydrogen) atoms. The summed E-state index contributed by atoms with van der Waals surface area (Å²) < 4.78 is 5.74. The van der Waals surface area contributed by atoms with Gasteiger partial charge in [-0.2, -0.15) is 11.8 Å². The molecule has 0 unspecified atom stereocenters. The standard InChI is InChI=1S/C14H20O3S/c1-9(2)18-6-5-17-13-10(3)7-12(14(15)16)8-11(13)4/h7-9H,5-6H2,1-4H3,(H,15,16). The molecule has 0 fully saturated rings. The predicted octanol–water partition coefficient (Wildman–Crippen LogP) is 3.52. The van der Waals surface area contributed by atoms with Crippen molar-refractivity contribution in [1.29, 1.82) is 0 Å². The number of thioether (sulfide) groups is 1. The van der Waals surface area contributed by atoms with Gasteiger partial charge in [-0.25, -0.2) is 4.79 Å². The van der Waals surface area contributed by atoms with E-state index in [1.165, 1.54) is 0 Å². The summed E-state index contributed by atoms with van der Waals surface area (Å²) in [6, 6.07) is 3.31. The number of carboxylic acids is 1. The van der Waals surface area contributed by atoms with Gasteiger partial charge in [0.2, 0.25) is 0 Å². The molecule has 4 heteroatoms. The van der Waals surface area contributed by atoms with Crippen LogP contribution in [-0.2, 0) is 0 Å². The van der Waals surface area contributed by atoms with Crippen LogP contribution in [-0.4, -0.2) is 28.7 Å². The molecule has 100 valence electrons. The molecule has 0 saturated heterocycles. The van der Waals surface area contributed by atoms with Gasteiger partial charge in [0.05, 0.1) is 12.2 Å². The number of carbonyl (C=O) groups is 1. The second-order valence-electron chi connectivity index (χ2n) is 4.51. The maximum atomic E-state index is 10.9. The zero-order valence-corrected chi connectivity index (χ0v) is 12.1. The van der Waals surface area contributed by atoms with Crippen LogP contribution in [0.4, 0.5) is 0 Å². The van der Waals surface area contributed by atoms with E-state index in [0.29, 0.717) is 17.4 Å². The monoisotopic (exact) mass is 268 g/mol. The quantitative estimate of drug-likeness (QED) is 0.802. The number of benzene rings is 1. The van der Waals surface area contributed by atoms with Gasteiger partial charge in [0.15, 0.2) is 0 Å². The van der Waals surface area contributed by atoms with Crippen LogP contribution in [0.1, 0.15) is 35.3 Å². The molecule has 0 bridgehead atoms. The topological polar surface area (TPSA) is 46.5 Å². The zero-order valence-electron chi connectivity index (χ0n) is 11.3. The summed E-state index contributed by atoms with van der Waals surface area (Å²) in [5.41, 5.74) is 2.07. The molecule has 0 radical (unpaired) electrons. The SMILES string of the molecule is Cc1cc(C(=O)O)cc(C)c1OCCSC(C)C. The molecule has 0 spiro atoms. The van der Waals surface area contributed by atoms with E-state index < -0.39 is 5.97 Å². The van der Waals surface area contributed by atoms with Gasteiger partial charge < -0.3 is 9.84 Å². The minimum atomic E-state index is -0.900. The number of rotatable bonds is 6. The highest BCUT2D eigenvalue weighted by molar-refractivity contribution is 7.99. The summed E-state index contributed by atoms with van der Waals surface area (Å²) in [5, 5.41) is 9.56. The predicted molar refractivity (Wildman–Crippen MR) is 76.0 cm³/mol. The minimum absolute atomic E-state index is 0.314. The zero-order chi connectivity index (χ0) is 13.7. The van der Waals surface area contributed by atoms with Crippen LogP contribution in [0.25, 0.3) is 0 Å². The molecule has 0 saturated carbocycles. The Kier molecular flexibility index (Phi) is 5.54. The Morgan fingerprint density at radius 3 is 2.33 bits per heavy atom. The van der Waals surface area contributed by atoms with Crippen LogP contribution in [0, 0.1) is 13.8 Å². The Bertz CT molecular complexity index is 404. The molecule has 0 amide bonds. The van der Waals surface area contributed by atoms with Crippen molar-refractivity contribution < 1.29 is 14.6 Å². The van der Waals surface area contributed by atoms with E-state index in [9.17, 15) is 4.79 Å². The molecule has 0 aromatic heterocycles. The van der Waals surface area contributed by atoms with Gasteiger partial charge in [-0.1, -0.05) is 13.8 Å². The van der Waals surface area contributed by atoms with Crippen molar-refractivity contribution in [3.8, 4) is 5.75 Å². The molecule has 0 aliphatic carbocycles. The van der Waals surface area contributed by atoms with Gasteiger partial charge in [0.1, 0.15) is 5.75 Å². The fourth-order valence-electron chi connectivity index (χ4n) is 1.73. The molecule has 1 aromatic carbocycles. The lowest BCUT2D eigenvalue weighted by atomic mass is 10.1. The van der Waals surface area contributed by atoms with Crippen LogP contribution in [0.3, 0.4) is 0 Å². The van der Waals surface area contributed by atoms with Crippen molar-refractivity contribution in [1.82, 2.24) is 0 Å². The number of carboxylic acid groups (broad SMARTS) is 1. The lowest BCUT2D eigenvalue weighted by Gasteiger charge is -2.13. The Morgan fingerprint density at radius 1 is 1.33 bits per heavy atom. The van der Waals surface area contributed by atoms with Crippen molar-refractivity contribution in [2.75, 3.05) is 12.4 Å².